The van der Waals surface area contributed by atoms with Gasteiger partial charge in [0.1, 0.15) is 5.69 Å². The molecule has 0 aromatic carbocycles. The Balaban J connectivity index is 2.18. The van der Waals surface area contributed by atoms with Crippen LogP contribution < -0.4 is 5.32 Å². The van der Waals surface area contributed by atoms with E-state index in [1.165, 1.54) is 0 Å². The lowest BCUT2D eigenvalue weighted by molar-refractivity contribution is 0.102. The van der Waals surface area contributed by atoms with Crippen LogP contribution in [0, 0.1) is 0 Å². The molecule has 0 bridgehead atoms. The highest BCUT2D eigenvalue weighted by Gasteiger charge is 2.08. The maximum Gasteiger partial charge on any atom is 0.274 e. The van der Waals surface area contributed by atoms with Crippen molar-refractivity contribution >= 4 is 27.5 Å². The van der Waals surface area contributed by atoms with Crippen molar-refractivity contribution in [2.45, 2.75) is 0 Å². The van der Waals surface area contributed by atoms with Gasteiger partial charge in [-0.2, -0.15) is 0 Å². The molecule has 1 N–H and O–H groups in total. The first kappa shape index (κ1) is 10.8. The maximum atomic E-state index is 11.8. The first-order chi connectivity index (χ1) is 7.77. The minimum Gasteiger partial charge on any atom is -0.319 e. The van der Waals surface area contributed by atoms with E-state index in [1.54, 1.807) is 42.9 Å². The number of rotatable bonds is 2. The van der Waals surface area contributed by atoms with E-state index in [1.807, 2.05) is 0 Å². The standard InChI is InChI=1S/C11H8BrN3O/c12-8-7-13-6-4-9(8)15-11(16)10-3-1-2-5-14-10/h1-7H,(H,13,15,16). The second kappa shape index (κ2) is 4.85. The zero-order valence-electron chi connectivity index (χ0n) is 8.22. The molecule has 0 aliphatic rings. The molecular weight excluding hydrogens is 270 g/mol. The first-order valence-corrected chi connectivity index (χ1v) is 5.38. The third-order valence-corrected chi connectivity index (χ3v) is 2.55. The van der Waals surface area contributed by atoms with Crippen LogP contribution in [-0.2, 0) is 0 Å². The fourth-order valence-corrected chi connectivity index (χ4v) is 1.51. The number of hydrogen-bond acceptors (Lipinski definition) is 3. The largest absolute Gasteiger partial charge is 0.319 e. The van der Waals surface area contributed by atoms with Crippen molar-refractivity contribution in [3.8, 4) is 0 Å². The fourth-order valence-electron chi connectivity index (χ4n) is 1.16. The van der Waals surface area contributed by atoms with Gasteiger partial charge in [-0.05, 0) is 34.1 Å². The Labute approximate surface area is 101 Å². The van der Waals surface area contributed by atoms with Crippen molar-refractivity contribution in [2.24, 2.45) is 0 Å². The normalized spacial score (nSPS) is 9.81. The minimum absolute atomic E-state index is 0.243. The van der Waals surface area contributed by atoms with Gasteiger partial charge in [-0.3, -0.25) is 14.8 Å². The van der Waals surface area contributed by atoms with Crippen LogP contribution in [0.15, 0.2) is 47.3 Å². The molecule has 0 saturated carbocycles. The number of nitrogens with one attached hydrogen (secondary N) is 1. The van der Waals surface area contributed by atoms with Gasteiger partial charge in [-0.25, -0.2) is 0 Å². The summed E-state index contributed by atoms with van der Waals surface area (Å²) < 4.78 is 0.735. The third kappa shape index (κ3) is 2.43. The Morgan fingerprint density at radius 2 is 2.12 bits per heavy atom. The van der Waals surface area contributed by atoms with E-state index in [9.17, 15) is 4.79 Å². The molecule has 2 aromatic heterocycles. The summed E-state index contributed by atoms with van der Waals surface area (Å²) in [4.78, 5) is 19.6. The van der Waals surface area contributed by atoms with Crippen molar-refractivity contribution < 1.29 is 4.79 Å². The van der Waals surface area contributed by atoms with Gasteiger partial charge in [0.05, 0.1) is 10.2 Å². The lowest BCUT2D eigenvalue weighted by atomic mass is 10.3. The Bertz CT molecular complexity index is 502. The number of halogens is 1. The number of aromatic nitrogens is 2. The molecule has 16 heavy (non-hydrogen) atoms. The second-order valence-corrected chi connectivity index (χ2v) is 3.88. The van der Waals surface area contributed by atoms with Crippen molar-refractivity contribution in [1.29, 1.82) is 0 Å². The first-order valence-electron chi connectivity index (χ1n) is 4.59. The van der Waals surface area contributed by atoms with Crippen LogP contribution >= 0.6 is 15.9 Å². The van der Waals surface area contributed by atoms with Crippen LogP contribution in [0.5, 0.6) is 0 Å². The molecule has 0 fully saturated rings. The van der Waals surface area contributed by atoms with Crippen LogP contribution in [0.2, 0.25) is 0 Å². The number of nitrogens with zero attached hydrogens (tertiary/aromatic N) is 2. The number of hydrogen-bond donors (Lipinski definition) is 1. The summed E-state index contributed by atoms with van der Waals surface area (Å²) in [6.45, 7) is 0. The summed E-state index contributed by atoms with van der Waals surface area (Å²) in [6.07, 6.45) is 4.81. The van der Waals surface area contributed by atoms with Gasteiger partial charge in [0.15, 0.2) is 0 Å². The van der Waals surface area contributed by atoms with Crippen molar-refractivity contribution in [1.82, 2.24) is 9.97 Å². The number of carbonyl (C=O) groups is 1. The lowest BCUT2D eigenvalue weighted by Crippen LogP contribution is -2.13. The van der Waals surface area contributed by atoms with Crippen LogP contribution in [0.1, 0.15) is 10.5 Å². The van der Waals surface area contributed by atoms with Gasteiger partial charge in [-0.15, -0.1) is 0 Å². The van der Waals surface area contributed by atoms with Crippen LogP contribution in [-0.4, -0.2) is 15.9 Å². The predicted octanol–water partition coefficient (Wildman–Crippen LogP) is 2.49. The van der Waals surface area contributed by atoms with E-state index < -0.39 is 0 Å². The zero-order chi connectivity index (χ0) is 11.4. The average Bonchev–Trinajstić information content (AvgIpc) is 2.33. The van der Waals surface area contributed by atoms with Crippen LogP contribution in [0.4, 0.5) is 5.69 Å². The molecule has 0 atom stereocenters. The van der Waals surface area contributed by atoms with Gasteiger partial charge in [0, 0.05) is 18.6 Å². The molecule has 0 spiro atoms. The van der Waals surface area contributed by atoms with Gasteiger partial charge >= 0.3 is 0 Å². The molecule has 0 aliphatic carbocycles. The molecule has 2 rings (SSSR count). The highest BCUT2D eigenvalue weighted by molar-refractivity contribution is 9.10. The summed E-state index contributed by atoms with van der Waals surface area (Å²) in [5.74, 6) is -0.243. The van der Waals surface area contributed by atoms with E-state index in [0.717, 1.165) is 4.47 Å². The molecule has 0 saturated heterocycles. The quantitative estimate of drug-likeness (QED) is 0.918. The summed E-state index contributed by atoms with van der Waals surface area (Å²) in [5, 5.41) is 2.74. The van der Waals surface area contributed by atoms with E-state index in [4.69, 9.17) is 0 Å². The molecule has 0 unspecified atom stereocenters. The number of amides is 1. The van der Waals surface area contributed by atoms with E-state index >= 15 is 0 Å². The Morgan fingerprint density at radius 3 is 2.81 bits per heavy atom. The van der Waals surface area contributed by atoms with Gasteiger partial charge in [0.25, 0.3) is 5.91 Å². The van der Waals surface area contributed by atoms with E-state index in [0.29, 0.717) is 11.4 Å². The van der Waals surface area contributed by atoms with Crippen molar-refractivity contribution in [3.05, 3.63) is 53.0 Å². The highest BCUT2D eigenvalue weighted by Crippen LogP contribution is 2.20. The zero-order valence-corrected chi connectivity index (χ0v) is 9.81. The average molecular weight is 278 g/mol. The van der Waals surface area contributed by atoms with Crippen molar-refractivity contribution in [3.63, 3.8) is 0 Å². The van der Waals surface area contributed by atoms with Gasteiger partial charge in [0.2, 0.25) is 0 Å². The summed E-state index contributed by atoms with van der Waals surface area (Å²) >= 11 is 3.30. The van der Waals surface area contributed by atoms with Gasteiger partial charge < -0.3 is 5.32 Å². The highest BCUT2D eigenvalue weighted by atomic mass is 79.9. The minimum atomic E-state index is -0.243. The molecular formula is C11H8BrN3O. The topological polar surface area (TPSA) is 54.9 Å². The monoisotopic (exact) mass is 277 g/mol. The Hall–Kier alpha value is -1.75. The summed E-state index contributed by atoms with van der Waals surface area (Å²) in [6, 6.07) is 6.90. The molecule has 0 aliphatic heterocycles. The SMILES string of the molecule is O=C(Nc1ccncc1Br)c1ccccn1. The molecule has 0 radical (unpaired) electrons. The van der Waals surface area contributed by atoms with E-state index in [2.05, 4.69) is 31.2 Å². The Kier molecular flexibility index (Phi) is 3.26. The summed E-state index contributed by atoms with van der Waals surface area (Å²) in [7, 11) is 0. The van der Waals surface area contributed by atoms with Crippen LogP contribution in [0.3, 0.4) is 0 Å². The lowest BCUT2D eigenvalue weighted by Gasteiger charge is -2.05. The molecule has 80 valence electrons. The smallest absolute Gasteiger partial charge is 0.274 e. The predicted molar refractivity (Wildman–Crippen MR) is 64.1 cm³/mol. The number of carbonyl (C=O) groups excluding carboxylic acids is 1. The summed E-state index contributed by atoms with van der Waals surface area (Å²) in [5.41, 5.74) is 1.05. The number of anilines is 1. The van der Waals surface area contributed by atoms with Crippen molar-refractivity contribution in [2.75, 3.05) is 5.32 Å². The molecule has 2 aromatic rings. The second-order valence-electron chi connectivity index (χ2n) is 3.02. The fraction of sp³-hybridized carbons (Fsp3) is 0. The number of pyridine rings is 2. The molecule has 4 nitrogen and oxygen atoms in total. The Morgan fingerprint density at radius 1 is 1.25 bits per heavy atom. The van der Waals surface area contributed by atoms with Gasteiger partial charge in [-0.1, -0.05) is 6.07 Å². The molecule has 2 heterocycles. The maximum absolute atomic E-state index is 11.8. The molecule has 1 amide bonds. The van der Waals surface area contributed by atoms with Crippen LogP contribution in [0.25, 0.3) is 0 Å². The molecule has 5 heteroatoms. The third-order valence-electron chi connectivity index (χ3n) is 1.92. The van der Waals surface area contributed by atoms with E-state index in [-0.39, 0.29) is 5.91 Å².